The van der Waals surface area contributed by atoms with Crippen molar-refractivity contribution in [1.82, 2.24) is 0 Å². The molecule has 2 aromatic rings. The van der Waals surface area contributed by atoms with Crippen LogP contribution in [-0.2, 0) is 4.79 Å². The Balaban J connectivity index is 1.92. The number of hydrogen-bond acceptors (Lipinski definition) is 5. The van der Waals surface area contributed by atoms with Crippen molar-refractivity contribution in [2.75, 3.05) is 5.32 Å². The first-order valence-corrected chi connectivity index (χ1v) is 6.83. The molecule has 0 saturated heterocycles. The van der Waals surface area contributed by atoms with Crippen LogP contribution in [0.2, 0.25) is 0 Å². The van der Waals surface area contributed by atoms with E-state index < -0.39 is 16.6 Å². The number of non-ortho nitro benzene ring substituents is 1. The van der Waals surface area contributed by atoms with Crippen molar-refractivity contribution in [3.63, 3.8) is 0 Å². The first kappa shape index (κ1) is 16.2. The van der Waals surface area contributed by atoms with Crippen molar-refractivity contribution in [3.05, 3.63) is 64.2 Å². The molecule has 0 aliphatic rings. The Kier molecular flexibility index (Phi) is 5.03. The molecule has 118 valence electrons. The van der Waals surface area contributed by atoms with Crippen molar-refractivity contribution in [3.8, 4) is 5.75 Å². The number of nitro groups is 1. The van der Waals surface area contributed by atoms with Crippen molar-refractivity contribution < 1.29 is 19.6 Å². The van der Waals surface area contributed by atoms with Gasteiger partial charge in [0, 0.05) is 24.5 Å². The molecule has 0 bridgehead atoms. The Labute approximate surface area is 131 Å². The molecule has 2 rings (SSSR count). The Morgan fingerprint density at radius 2 is 1.78 bits per heavy atom. The fourth-order valence-electron chi connectivity index (χ4n) is 1.95. The largest absolute Gasteiger partial charge is 0.506 e. The van der Waals surface area contributed by atoms with Gasteiger partial charge in [0.25, 0.3) is 5.69 Å². The van der Waals surface area contributed by atoms with Crippen LogP contribution in [0.5, 0.6) is 5.75 Å². The van der Waals surface area contributed by atoms with Crippen LogP contribution in [0.1, 0.15) is 23.2 Å². The highest BCUT2D eigenvalue weighted by molar-refractivity contribution is 6.00. The van der Waals surface area contributed by atoms with Crippen molar-refractivity contribution in [2.45, 2.75) is 12.8 Å². The number of amides is 1. The van der Waals surface area contributed by atoms with Crippen LogP contribution in [0, 0.1) is 10.1 Å². The molecule has 0 radical (unpaired) electrons. The van der Waals surface area contributed by atoms with E-state index in [0.717, 1.165) is 6.07 Å². The maximum absolute atomic E-state index is 11.9. The van der Waals surface area contributed by atoms with Crippen LogP contribution in [0.25, 0.3) is 0 Å². The van der Waals surface area contributed by atoms with Gasteiger partial charge in [0.1, 0.15) is 5.75 Å². The molecular formula is C16H14N2O5. The number of Topliss-reactive ketones (excluding diaryl/α,β-unsaturated/α-hetero) is 1. The molecule has 2 aromatic carbocycles. The number of benzene rings is 2. The van der Waals surface area contributed by atoms with Crippen LogP contribution in [0.3, 0.4) is 0 Å². The number of anilines is 1. The average Bonchev–Trinajstić information content (AvgIpc) is 2.55. The molecule has 7 heteroatoms. The van der Waals surface area contributed by atoms with E-state index in [-0.39, 0.29) is 30.0 Å². The summed E-state index contributed by atoms with van der Waals surface area (Å²) in [7, 11) is 0. The second-order valence-corrected chi connectivity index (χ2v) is 4.80. The monoisotopic (exact) mass is 314 g/mol. The normalized spacial score (nSPS) is 10.1. The summed E-state index contributed by atoms with van der Waals surface area (Å²) in [6.07, 6.45) is -0.0201. The zero-order chi connectivity index (χ0) is 16.8. The number of phenols is 1. The molecule has 23 heavy (non-hydrogen) atoms. The minimum Gasteiger partial charge on any atom is -0.506 e. The molecule has 0 fully saturated rings. The molecule has 7 nitrogen and oxygen atoms in total. The van der Waals surface area contributed by atoms with Crippen molar-refractivity contribution >= 4 is 23.1 Å². The topological polar surface area (TPSA) is 110 Å². The molecule has 0 unspecified atom stereocenters. The highest BCUT2D eigenvalue weighted by Gasteiger charge is 2.13. The molecule has 0 aliphatic carbocycles. The number of rotatable bonds is 6. The third-order valence-electron chi connectivity index (χ3n) is 3.14. The summed E-state index contributed by atoms with van der Waals surface area (Å²) in [5.74, 6) is -1.02. The van der Waals surface area contributed by atoms with Gasteiger partial charge < -0.3 is 10.4 Å². The van der Waals surface area contributed by atoms with E-state index in [1.807, 2.05) is 0 Å². The zero-order valence-corrected chi connectivity index (χ0v) is 12.1. The van der Waals surface area contributed by atoms with Gasteiger partial charge in [-0.15, -0.1) is 0 Å². The van der Waals surface area contributed by atoms with Gasteiger partial charge in [-0.3, -0.25) is 19.7 Å². The Bertz CT molecular complexity index is 743. The summed E-state index contributed by atoms with van der Waals surface area (Å²) in [6, 6.07) is 12.0. The van der Waals surface area contributed by atoms with Gasteiger partial charge in [0.2, 0.25) is 5.91 Å². The average molecular weight is 314 g/mol. The molecule has 0 aromatic heterocycles. The summed E-state index contributed by atoms with van der Waals surface area (Å²) in [4.78, 5) is 33.6. The molecule has 0 spiro atoms. The maximum Gasteiger partial charge on any atom is 0.273 e. The summed E-state index contributed by atoms with van der Waals surface area (Å²) in [5.41, 5.74) is 0.311. The Hall–Kier alpha value is -3.22. The number of nitrogens with zero attached hydrogens (tertiary/aromatic N) is 1. The SMILES string of the molecule is O=C(CCC(=O)c1ccccc1)Nc1ccc([N+](=O)[O-])cc1O. The molecule has 0 heterocycles. The molecule has 0 saturated carbocycles. The number of nitro benzene ring substituents is 1. The lowest BCUT2D eigenvalue weighted by molar-refractivity contribution is -0.384. The minimum atomic E-state index is -0.649. The molecule has 0 atom stereocenters. The van der Waals surface area contributed by atoms with Crippen LogP contribution < -0.4 is 5.32 Å². The van der Waals surface area contributed by atoms with E-state index in [0.29, 0.717) is 5.56 Å². The second kappa shape index (κ2) is 7.17. The van der Waals surface area contributed by atoms with Gasteiger partial charge in [0.15, 0.2) is 5.78 Å². The molecule has 2 N–H and O–H groups in total. The summed E-state index contributed by atoms with van der Waals surface area (Å²) >= 11 is 0. The number of aromatic hydroxyl groups is 1. The number of carbonyl (C=O) groups excluding carboxylic acids is 2. The van der Waals surface area contributed by atoms with Gasteiger partial charge in [-0.25, -0.2) is 0 Å². The second-order valence-electron chi connectivity index (χ2n) is 4.80. The third-order valence-corrected chi connectivity index (χ3v) is 3.14. The summed E-state index contributed by atoms with van der Waals surface area (Å²) in [5, 5.41) is 22.6. The van der Waals surface area contributed by atoms with Crippen molar-refractivity contribution in [1.29, 1.82) is 0 Å². The highest BCUT2D eigenvalue weighted by atomic mass is 16.6. The molecule has 1 amide bonds. The Morgan fingerprint density at radius 3 is 2.39 bits per heavy atom. The van der Waals surface area contributed by atoms with E-state index in [2.05, 4.69) is 5.32 Å². The van der Waals surface area contributed by atoms with Gasteiger partial charge in [-0.05, 0) is 6.07 Å². The number of ketones is 1. The van der Waals surface area contributed by atoms with Gasteiger partial charge >= 0.3 is 0 Å². The number of phenolic OH excluding ortho intramolecular Hbond substituents is 1. The number of nitrogens with one attached hydrogen (secondary N) is 1. The van der Waals surface area contributed by atoms with Crippen LogP contribution in [0.4, 0.5) is 11.4 Å². The molecular weight excluding hydrogens is 300 g/mol. The van der Waals surface area contributed by atoms with Gasteiger partial charge in [0.05, 0.1) is 16.7 Å². The van der Waals surface area contributed by atoms with Crippen LogP contribution in [0.15, 0.2) is 48.5 Å². The van der Waals surface area contributed by atoms with E-state index >= 15 is 0 Å². The minimum absolute atomic E-state index is 0.0313. The van der Waals surface area contributed by atoms with Gasteiger partial charge in [-0.2, -0.15) is 0 Å². The lowest BCUT2D eigenvalue weighted by atomic mass is 10.1. The van der Waals surface area contributed by atoms with E-state index in [1.165, 1.54) is 12.1 Å². The lowest BCUT2D eigenvalue weighted by Crippen LogP contribution is -2.13. The smallest absolute Gasteiger partial charge is 0.273 e. The predicted molar refractivity (Wildman–Crippen MR) is 83.4 cm³/mol. The maximum atomic E-state index is 11.9. The van der Waals surface area contributed by atoms with Crippen molar-refractivity contribution in [2.24, 2.45) is 0 Å². The van der Waals surface area contributed by atoms with E-state index in [4.69, 9.17) is 0 Å². The van der Waals surface area contributed by atoms with E-state index in [9.17, 15) is 24.8 Å². The van der Waals surface area contributed by atoms with Crippen LogP contribution in [-0.4, -0.2) is 21.7 Å². The van der Waals surface area contributed by atoms with E-state index in [1.54, 1.807) is 30.3 Å². The summed E-state index contributed by atoms with van der Waals surface area (Å²) < 4.78 is 0. The summed E-state index contributed by atoms with van der Waals surface area (Å²) in [6.45, 7) is 0. The fraction of sp³-hybridized carbons (Fsp3) is 0.125. The first-order valence-electron chi connectivity index (χ1n) is 6.83. The van der Waals surface area contributed by atoms with Gasteiger partial charge in [-0.1, -0.05) is 30.3 Å². The lowest BCUT2D eigenvalue weighted by Gasteiger charge is -2.07. The Morgan fingerprint density at radius 1 is 1.09 bits per heavy atom. The molecule has 0 aliphatic heterocycles. The predicted octanol–water partition coefficient (Wildman–Crippen LogP) is 2.90. The highest BCUT2D eigenvalue weighted by Crippen LogP contribution is 2.27. The number of carbonyl (C=O) groups is 2. The zero-order valence-electron chi connectivity index (χ0n) is 12.1. The first-order chi connectivity index (χ1) is 11.0. The standard InChI is InChI=1S/C16H14N2O5/c19-14(11-4-2-1-3-5-11)8-9-16(21)17-13-7-6-12(18(22)23)10-15(13)20/h1-7,10,20H,8-9H2,(H,17,21). The fourth-order valence-corrected chi connectivity index (χ4v) is 1.95. The van der Waals surface area contributed by atoms with Crippen LogP contribution >= 0.6 is 0 Å². The third kappa shape index (κ3) is 4.37. The number of hydrogen-bond donors (Lipinski definition) is 2. The quantitative estimate of drug-likeness (QED) is 0.369.